The molecule has 0 spiro atoms. The van der Waals surface area contributed by atoms with Crippen molar-refractivity contribution in [1.82, 2.24) is 4.90 Å². The average Bonchev–Trinajstić information content (AvgIpc) is 2.79. The van der Waals surface area contributed by atoms with Gasteiger partial charge < -0.3 is 4.90 Å². The fraction of sp³-hybridized carbons (Fsp3) is 1.00. The molecule has 0 aromatic rings. The molecule has 3 atom stereocenters. The molecule has 0 heterocycles. The van der Waals surface area contributed by atoms with Crippen molar-refractivity contribution in [3.05, 3.63) is 10.4 Å². The zero-order valence-corrected chi connectivity index (χ0v) is 9.47. The Morgan fingerprint density at radius 1 is 1.40 bits per heavy atom. The SMILES string of the molecule is CN(CCN=[N+]=[N-])CC1CC2CCC1C2. The Bertz CT molecular complexity index is 259. The van der Waals surface area contributed by atoms with Gasteiger partial charge in [-0.05, 0) is 49.6 Å². The normalized spacial score (nSPS) is 33.3. The van der Waals surface area contributed by atoms with Crippen molar-refractivity contribution in [2.75, 3.05) is 26.7 Å². The molecule has 4 heteroatoms. The highest BCUT2D eigenvalue weighted by Crippen LogP contribution is 2.48. The molecule has 3 unspecified atom stereocenters. The maximum Gasteiger partial charge on any atom is 0.0385 e. The minimum absolute atomic E-state index is 0.605. The summed E-state index contributed by atoms with van der Waals surface area (Å²) >= 11 is 0. The van der Waals surface area contributed by atoms with Gasteiger partial charge in [0.2, 0.25) is 0 Å². The van der Waals surface area contributed by atoms with E-state index in [0.29, 0.717) is 6.54 Å². The molecule has 84 valence electrons. The molecule has 2 saturated carbocycles. The van der Waals surface area contributed by atoms with E-state index in [1.807, 2.05) is 0 Å². The molecule has 0 radical (unpaired) electrons. The van der Waals surface area contributed by atoms with E-state index in [2.05, 4.69) is 22.0 Å². The molecule has 2 aliphatic carbocycles. The van der Waals surface area contributed by atoms with Crippen LogP contribution in [-0.4, -0.2) is 31.6 Å². The highest BCUT2D eigenvalue weighted by atomic mass is 15.2. The summed E-state index contributed by atoms with van der Waals surface area (Å²) in [6.07, 6.45) is 5.86. The molecule has 0 N–H and O–H groups in total. The molecule has 4 nitrogen and oxygen atoms in total. The topological polar surface area (TPSA) is 52.0 Å². The van der Waals surface area contributed by atoms with E-state index in [-0.39, 0.29) is 0 Å². The van der Waals surface area contributed by atoms with E-state index in [1.54, 1.807) is 0 Å². The zero-order valence-electron chi connectivity index (χ0n) is 9.47. The summed E-state index contributed by atoms with van der Waals surface area (Å²) in [6.45, 7) is 2.70. The molecular formula is C11H20N4. The Morgan fingerprint density at radius 3 is 2.87 bits per heavy atom. The van der Waals surface area contributed by atoms with Gasteiger partial charge in [-0.25, -0.2) is 0 Å². The van der Waals surface area contributed by atoms with Crippen LogP contribution in [0, 0.1) is 17.8 Å². The zero-order chi connectivity index (χ0) is 10.7. The van der Waals surface area contributed by atoms with Gasteiger partial charge in [-0.15, -0.1) is 0 Å². The maximum absolute atomic E-state index is 8.19. The van der Waals surface area contributed by atoms with Gasteiger partial charge in [0.25, 0.3) is 0 Å². The Balaban J connectivity index is 1.70. The minimum atomic E-state index is 0.605. The van der Waals surface area contributed by atoms with Crippen LogP contribution in [0.4, 0.5) is 0 Å². The van der Waals surface area contributed by atoms with E-state index in [4.69, 9.17) is 5.53 Å². The molecular weight excluding hydrogens is 188 g/mol. The quantitative estimate of drug-likeness (QED) is 0.389. The van der Waals surface area contributed by atoms with Crippen molar-refractivity contribution in [3.63, 3.8) is 0 Å². The molecule has 0 amide bonds. The van der Waals surface area contributed by atoms with Crippen LogP contribution in [-0.2, 0) is 0 Å². The summed E-state index contributed by atoms with van der Waals surface area (Å²) in [6, 6.07) is 0. The van der Waals surface area contributed by atoms with Gasteiger partial charge in [0, 0.05) is 24.5 Å². The second-order valence-corrected chi connectivity index (χ2v) is 5.15. The third kappa shape index (κ3) is 2.64. The van der Waals surface area contributed by atoms with Crippen LogP contribution in [0.25, 0.3) is 10.4 Å². The Kier molecular flexibility index (Phi) is 3.49. The van der Waals surface area contributed by atoms with Gasteiger partial charge in [0.05, 0.1) is 0 Å². The van der Waals surface area contributed by atoms with Crippen LogP contribution in [0.15, 0.2) is 5.11 Å². The van der Waals surface area contributed by atoms with E-state index in [9.17, 15) is 0 Å². The third-order valence-electron chi connectivity index (χ3n) is 4.08. The molecule has 0 aromatic heterocycles. The first-order valence-corrected chi connectivity index (χ1v) is 5.99. The Morgan fingerprint density at radius 2 is 2.27 bits per heavy atom. The lowest BCUT2D eigenvalue weighted by Crippen LogP contribution is -2.30. The molecule has 2 bridgehead atoms. The summed E-state index contributed by atoms with van der Waals surface area (Å²) in [4.78, 5) is 5.10. The second kappa shape index (κ2) is 4.86. The number of hydrogen-bond donors (Lipinski definition) is 0. The molecule has 2 rings (SSSR count). The summed E-state index contributed by atoms with van der Waals surface area (Å²) in [5.41, 5.74) is 8.19. The van der Waals surface area contributed by atoms with E-state index in [0.717, 1.165) is 24.3 Å². The fourth-order valence-corrected chi connectivity index (χ4v) is 3.35. The minimum Gasteiger partial charge on any atom is -0.306 e. The van der Waals surface area contributed by atoms with Gasteiger partial charge in [0.15, 0.2) is 0 Å². The van der Waals surface area contributed by atoms with E-state index >= 15 is 0 Å². The standard InChI is InChI=1S/C11H20N4/c1-15(5-4-13-14-12)8-11-7-9-2-3-10(11)6-9/h9-11H,2-8H2,1H3. The predicted octanol–water partition coefficient (Wildman–Crippen LogP) is 2.66. The number of likely N-dealkylation sites (N-methyl/N-ethyl adjacent to an activating group) is 1. The van der Waals surface area contributed by atoms with E-state index < -0.39 is 0 Å². The van der Waals surface area contributed by atoms with E-state index in [1.165, 1.54) is 32.2 Å². The van der Waals surface area contributed by atoms with Crippen LogP contribution in [0.3, 0.4) is 0 Å². The van der Waals surface area contributed by atoms with Crippen LogP contribution in [0.2, 0.25) is 0 Å². The first kappa shape index (κ1) is 10.8. The second-order valence-electron chi connectivity index (χ2n) is 5.15. The van der Waals surface area contributed by atoms with Crippen molar-refractivity contribution in [1.29, 1.82) is 0 Å². The highest BCUT2D eigenvalue weighted by molar-refractivity contribution is 4.90. The number of azide groups is 1. The summed E-state index contributed by atoms with van der Waals surface area (Å²) in [5, 5.41) is 3.57. The first-order chi connectivity index (χ1) is 7.29. The van der Waals surface area contributed by atoms with Crippen molar-refractivity contribution in [3.8, 4) is 0 Å². The lowest BCUT2D eigenvalue weighted by Gasteiger charge is -2.26. The van der Waals surface area contributed by atoms with Crippen LogP contribution < -0.4 is 0 Å². The number of hydrogen-bond acceptors (Lipinski definition) is 2. The van der Waals surface area contributed by atoms with Gasteiger partial charge >= 0.3 is 0 Å². The number of nitrogens with zero attached hydrogens (tertiary/aromatic N) is 4. The Hall–Kier alpha value is -0.730. The van der Waals surface area contributed by atoms with Crippen LogP contribution in [0.5, 0.6) is 0 Å². The van der Waals surface area contributed by atoms with Crippen molar-refractivity contribution in [2.45, 2.75) is 25.7 Å². The Labute approximate surface area is 91.3 Å². The first-order valence-electron chi connectivity index (χ1n) is 5.99. The smallest absolute Gasteiger partial charge is 0.0385 e. The lowest BCUT2D eigenvalue weighted by atomic mass is 9.88. The largest absolute Gasteiger partial charge is 0.306 e. The summed E-state index contributed by atoms with van der Waals surface area (Å²) in [7, 11) is 2.14. The fourth-order valence-electron chi connectivity index (χ4n) is 3.35. The monoisotopic (exact) mass is 208 g/mol. The highest BCUT2D eigenvalue weighted by Gasteiger charge is 2.39. The summed E-state index contributed by atoms with van der Waals surface area (Å²) < 4.78 is 0. The van der Waals surface area contributed by atoms with Gasteiger partial charge in [0.1, 0.15) is 0 Å². The van der Waals surface area contributed by atoms with Crippen molar-refractivity contribution in [2.24, 2.45) is 22.9 Å². The molecule has 0 saturated heterocycles. The molecule has 15 heavy (non-hydrogen) atoms. The van der Waals surface area contributed by atoms with Gasteiger partial charge in [-0.2, -0.15) is 0 Å². The number of fused-ring (bicyclic) bond motifs is 2. The molecule has 0 aliphatic heterocycles. The third-order valence-corrected chi connectivity index (χ3v) is 4.08. The van der Waals surface area contributed by atoms with Gasteiger partial charge in [-0.1, -0.05) is 11.5 Å². The maximum atomic E-state index is 8.19. The summed E-state index contributed by atoms with van der Waals surface area (Å²) in [5.74, 6) is 2.95. The predicted molar refractivity (Wildman–Crippen MR) is 60.4 cm³/mol. The van der Waals surface area contributed by atoms with Crippen molar-refractivity contribution < 1.29 is 0 Å². The van der Waals surface area contributed by atoms with Crippen LogP contribution >= 0.6 is 0 Å². The lowest BCUT2D eigenvalue weighted by molar-refractivity contribution is 0.223. The number of rotatable bonds is 5. The molecule has 0 aromatic carbocycles. The van der Waals surface area contributed by atoms with Crippen molar-refractivity contribution >= 4 is 0 Å². The molecule has 2 fully saturated rings. The van der Waals surface area contributed by atoms with Crippen LogP contribution in [0.1, 0.15) is 25.7 Å². The average molecular weight is 208 g/mol. The molecule has 2 aliphatic rings. The van der Waals surface area contributed by atoms with Gasteiger partial charge in [-0.3, -0.25) is 0 Å².